The van der Waals surface area contributed by atoms with E-state index in [2.05, 4.69) is 0 Å². The van der Waals surface area contributed by atoms with Gasteiger partial charge >= 0.3 is 0 Å². The molecule has 3 aromatic rings. The number of pyridine rings is 1. The van der Waals surface area contributed by atoms with Crippen LogP contribution >= 0.6 is 0 Å². The Bertz CT molecular complexity index is 978. The summed E-state index contributed by atoms with van der Waals surface area (Å²) in [5, 5.41) is 13.6. The molecule has 0 aliphatic carbocycles. The monoisotopic (exact) mass is 351 g/mol. The molecule has 1 aromatic heterocycles. The molecular weight excluding hydrogens is 329 g/mol. The highest BCUT2D eigenvalue weighted by molar-refractivity contribution is 5.95. The molecule has 0 saturated carbocycles. The van der Waals surface area contributed by atoms with Crippen LogP contribution in [-0.4, -0.2) is 13.2 Å². The van der Waals surface area contributed by atoms with Gasteiger partial charge in [0.1, 0.15) is 5.82 Å². The molecule has 4 rings (SSSR count). The number of nitrogens with zero attached hydrogens (tertiary/aromatic N) is 1. The Hall–Kier alpha value is -2.46. The molecule has 3 nitrogen and oxygen atoms in total. The van der Waals surface area contributed by atoms with Crippen LogP contribution < -0.4 is 4.73 Å². The van der Waals surface area contributed by atoms with E-state index < -0.39 is 0 Å². The van der Waals surface area contributed by atoms with Gasteiger partial charge in [0, 0.05) is 30.4 Å². The fourth-order valence-corrected chi connectivity index (χ4v) is 3.89. The molecule has 4 heteroatoms. The largest absolute Gasteiger partial charge is 0.618 e. The highest BCUT2D eigenvalue weighted by Crippen LogP contribution is 2.38. The van der Waals surface area contributed by atoms with Crippen molar-refractivity contribution in [3.63, 3.8) is 0 Å². The average molecular weight is 351 g/mol. The number of benzene rings is 2. The summed E-state index contributed by atoms with van der Waals surface area (Å²) in [5.74, 6) is 0.0614. The zero-order chi connectivity index (χ0) is 18.3. The normalized spacial score (nSPS) is 15.5. The molecule has 2 aromatic carbocycles. The Kier molecular flexibility index (Phi) is 4.37. The van der Waals surface area contributed by atoms with Gasteiger partial charge in [0.2, 0.25) is 5.52 Å². The minimum atomic E-state index is -0.212. The molecule has 1 aliphatic heterocycles. The minimum absolute atomic E-state index is 0.212. The summed E-state index contributed by atoms with van der Waals surface area (Å²) in [4.78, 5) is 0. The fourth-order valence-electron chi connectivity index (χ4n) is 3.89. The van der Waals surface area contributed by atoms with Gasteiger partial charge in [-0.05, 0) is 67.5 Å². The highest BCUT2D eigenvalue weighted by atomic mass is 19.1. The van der Waals surface area contributed by atoms with Crippen LogP contribution in [0.25, 0.3) is 22.0 Å². The van der Waals surface area contributed by atoms with E-state index in [1.807, 2.05) is 37.3 Å². The molecule has 0 radical (unpaired) electrons. The van der Waals surface area contributed by atoms with E-state index in [1.165, 1.54) is 6.07 Å². The van der Waals surface area contributed by atoms with Crippen molar-refractivity contribution in [1.82, 2.24) is 0 Å². The molecule has 2 heterocycles. The van der Waals surface area contributed by atoms with Crippen LogP contribution in [-0.2, 0) is 4.74 Å². The second kappa shape index (κ2) is 6.69. The Morgan fingerprint density at radius 2 is 1.85 bits per heavy atom. The summed E-state index contributed by atoms with van der Waals surface area (Å²) in [6, 6.07) is 11.1. The first-order chi connectivity index (χ1) is 12.5. The van der Waals surface area contributed by atoms with E-state index in [9.17, 15) is 9.60 Å². The molecule has 1 fully saturated rings. The zero-order valence-corrected chi connectivity index (χ0v) is 15.1. The molecule has 26 heavy (non-hydrogen) atoms. The zero-order valence-electron chi connectivity index (χ0n) is 15.1. The van der Waals surface area contributed by atoms with Gasteiger partial charge in [-0.15, -0.1) is 0 Å². The van der Waals surface area contributed by atoms with Gasteiger partial charge in [0.15, 0.2) is 6.20 Å². The van der Waals surface area contributed by atoms with Gasteiger partial charge in [-0.25, -0.2) is 4.39 Å². The van der Waals surface area contributed by atoms with Crippen molar-refractivity contribution in [2.45, 2.75) is 32.6 Å². The predicted octanol–water partition coefficient (Wildman–Crippen LogP) is 4.79. The predicted molar refractivity (Wildman–Crippen MR) is 101 cm³/mol. The molecule has 134 valence electrons. The number of aryl methyl sites for hydroxylation is 2. The van der Waals surface area contributed by atoms with Crippen LogP contribution in [0, 0.1) is 24.9 Å². The highest BCUT2D eigenvalue weighted by Gasteiger charge is 2.25. The number of fused-ring (bicyclic) bond motifs is 1. The van der Waals surface area contributed by atoms with E-state index >= 15 is 0 Å². The Balaban J connectivity index is 2.02. The van der Waals surface area contributed by atoms with Crippen LogP contribution in [0.15, 0.2) is 42.6 Å². The molecular formula is C22H22FNO2. The van der Waals surface area contributed by atoms with Crippen molar-refractivity contribution in [2.24, 2.45) is 0 Å². The van der Waals surface area contributed by atoms with Crippen molar-refractivity contribution in [2.75, 3.05) is 13.2 Å². The first-order valence-corrected chi connectivity index (χ1v) is 9.05. The second-order valence-corrected chi connectivity index (χ2v) is 7.16. The van der Waals surface area contributed by atoms with Gasteiger partial charge < -0.3 is 9.94 Å². The van der Waals surface area contributed by atoms with Crippen LogP contribution in [0.5, 0.6) is 0 Å². The van der Waals surface area contributed by atoms with Crippen LogP contribution in [0.4, 0.5) is 4.39 Å². The summed E-state index contributed by atoms with van der Waals surface area (Å²) in [5.41, 5.74) is 5.34. The topological polar surface area (TPSA) is 36.2 Å². The molecule has 1 saturated heterocycles. The van der Waals surface area contributed by atoms with E-state index in [4.69, 9.17) is 4.74 Å². The lowest BCUT2D eigenvalue weighted by Crippen LogP contribution is -2.29. The molecule has 0 spiro atoms. The van der Waals surface area contributed by atoms with Gasteiger partial charge in [0.25, 0.3) is 0 Å². The van der Waals surface area contributed by atoms with Crippen molar-refractivity contribution in [1.29, 1.82) is 0 Å². The molecule has 0 atom stereocenters. The average Bonchev–Trinajstić information content (AvgIpc) is 2.65. The molecule has 0 N–H and O–H groups in total. The number of ether oxygens (including phenoxy) is 1. The lowest BCUT2D eigenvalue weighted by molar-refractivity contribution is -0.577. The lowest BCUT2D eigenvalue weighted by Gasteiger charge is -2.25. The Morgan fingerprint density at radius 3 is 2.58 bits per heavy atom. The summed E-state index contributed by atoms with van der Waals surface area (Å²) in [7, 11) is 0. The second-order valence-electron chi connectivity index (χ2n) is 7.16. The third kappa shape index (κ3) is 2.95. The summed E-state index contributed by atoms with van der Waals surface area (Å²) < 4.78 is 20.3. The molecule has 0 amide bonds. The van der Waals surface area contributed by atoms with Crippen molar-refractivity contribution >= 4 is 10.9 Å². The van der Waals surface area contributed by atoms with E-state index in [0.717, 1.165) is 45.2 Å². The van der Waals surface area contributed by atoms with Crippen LogP contribution in [0.1, 0.15) is 35.4 Å². The van der Waals surface area contributed by atoms with Crippen molar-refractivity contribution < 1.29 is 13.9 Å². The number of hydrogen-bond donors (Lipinski definition) is 0. The van der Waals surface area contributed by atoms with Crippen molar-refractivity contribution in [3.8, 4) is 11.1 Å². The quantitative estimate of drug-likeness (QED) is 0.492. The standard InChI is InChI=1S/C22H22FNO2/c1-14-3-5-18-21(11-14)24(25)13-19(16-7-9-26-10-8-16)22(18)17-4-6-20(23)15(2)12-17/h3-6,11-13,16H,7-10H2,1-2H3. The molecule has 1 aliphatic rings. The van der Waals surface area contributed by atoms with Crippen molar-refractivity contribution in [3.05, 3.63) is 70.3 Å². The number of aromatic nitrogens is 1. The maximum absolute atomic E-state index is 13.8. The Labute approximate surface area is 152 Å². The molecule has 0 unspecified atom stereocenters. The SMILES string of the molecule is Cc1ccc2c(-c3ccc(F)c(C)c3)c(C3CCOCC3)c[n+]([O-])c2c1. The van der Waals surface area contributed by atoms with E-state index in [1.54, 1.807) is 13.1 Å². The van der Waals surface area contributed by atoms with Gasteiger partial charge in [-0.3, -0.25) is 0 Å². The van der Waals surface area contributed by atoms with E-state index in [0.29, 0.717) is 24.3 Å². The summed E-state index contributed by atoms with van der Waals surface area (Å²) in [6.07, 6.45) is 3.50. The minimum Gasteiger partial charge on any atom is -0.618 e. The van der Waals surface area contributed by atoms with Crippen LogP contribution in [0.2, 0.25) is 0 Å². The maximum atomic E-state index is 13.8. The maximum Gasteiger partial charge on any atom is 0.224 e. The third-order valence-corrected chi connectivity index (χ3v) is 5.31. The lowest BCUT2D eigenvalue weighted by atomic mass is 9.85. The first kappa shape index (κ1) is 17.0. The summed E-state index contributed by atoms with van der Waals surface area (Å²) >= 11 is 0. The van der Waals surface area contributed by atoms with Gasteiger partial charge in [-0.2, -0.15) is 4.73 Å². The summed E-state index contributed by atoms with van der Waals surface area (Å²) in [6.45, 7) is 5.16. The van der Waals surface area contributed by atoms with Gasteiger partial charge in [-0.1, -0.05) is 12.1 Å². The third-order valence-electron chi connectivity index (χ3n) is 5.31. The van der Waals surface area contributed by atoms with E-state index in [-0.39, 0.29) is 11.7 Å². The fraction of sp³-hybridized carbons (Fsp3) is 0.318. The van der Waals surface area contributed by atoms with Gasteiger partial charge in [0.05, 0.1) is 5.39 Å². The number of hydrogen-bond acceptors (Lipinski definition) is 2. The molecule has 0 bridgehead atoms. The number of rotatable bonds is 2. The first-order valence-electron chi connectivity index (χ1n) is 9.05. The smallest absolute Gasteiger partial charge is 0.224 e. The van der Waals surface area contributed by atoms with Crippen LogP contribution in [0.3, 0.4) is 0 Å². The Morgan fingerprint density at radius 1 is 1.08 bits per heavy atom. The number of halogens is 1.